The molecule has 9 heteroatoms. The quantitative estimate of drug-likeness (QED) is 0.614. The molecular weight excluding hydrogens is 346 g/mol. The Morgan fingerprint density at radius 1 is 1.33 bits per heavy atom. The summed E-state index contributed by atoms with van der Waals surface area (Å²) in [6.07, 6.45) is 2.40. The molecule has 1 fully saturated rings. The molecule has 1 aliphatic heterocycles. The number of amides is 1. The topological polar surface area (TPSA) is 96.1 Å². The van der Waals surface area contributed by atoms with Crippen molar-refractivity contribution in [2.45, 2.75) is 38.8 Å². The summed E-state index contributed by atoms with van der Waals surface area (Å²) in [7, 11) is 1.73. The first-order valence-electron chi connectivity index (χ1n) is 9.09. The fourth-order valence-corrected chi connectivity index (χ4v) is 2.79. The van der Waals surface area contributed by atoms with Gasteiger partial charge < -0.3 is 20.3 Å². The van der Waals surface area contributed by atoms with E-state index in [-0.39, 0.29) is 12.1 Å². The highest BCUT2D eigenvalue weighted by Gasteiger charge is 2.34. The molecule has 0 unspecified atom stereocenters. The maximum Gasteiger partial charge on any atom is 0.410 e. The smallest absolute Gasteiger partial charge is 0.410 e. The molecule has 9 nitrogen and oxygen atoms in total. The molecule has 1 amide bonds. The van der Waals surface area contributed by atoms with Crippen LogP contribution < -0.4 is 10.6 Å². The molecule has 2 N–H and O–H groups in total. The maximum absolute atomic E-state index is 12.0. The molecule has 0 saturated carbocycles. The normalized spacial score (nSPS) is 15.6. The minimum atomic E-state index is -0.473. The van der Waals surface area contributed by atoms with Gasteiger partial charge in [-0.3, -0.25) is 9.39 Å². The van der Waals surface area contributed by atoms with Crippen LogP contribution in [0, 0.1) is 0 Å². The molecule has 0 bridgehead atoms. The minimum absolute atomic E-state index is 0.164. The van der Waals surface area contributed by atoms with E-state index in [1.54, 1.807) is 11.9 Å². The van der Waals surface area contributed by atoms with Gasteiger partial charge >= 0.3 is 6.09 Å². The van der Waals surface area contributed by atoms with Crippen LogP contribution in [0.25, 0.3) is 5.65 Å². The minimum Gasteiger partial charge on any atom is -0.444 e. The summed E-state index contributed by atoms with van der Waals surface area (Å²) in [6, 6.07) is 5.99. The number of carbonyl (C=O) groups is 1. The highest BCUT2D eigenvalue weighted by Crippen LogP contribution is 2.15. The lowest BCUT2D eigenvalue weighted by atomic mass is 10.1. The third-order valence-corrected chi connectivity index (χ3v) is 4.12. The summed E-state index contributed by atoms with van der Waals surface area (Å²) >= 11 is 0. The van der Waals surface area contributed by atoms with Crippen LogP contribution in [0.1, 0.15) is 26.6 Å². The van der Waals surface area contributed by atoms with Crippen molar-refractivity contribution < 1.29 is 9.53 Å². The first-order chi connectivity index (χ1) is 12.9. The Kier molecular flexibility index (Phi) is 5.48. The zero-order valence-electron chi connectivity index (χ0n) is 16.3. The van der Waals surface area contributed by atoms with Gasteiger partial charge in [0.15, 0.2) is 11.6 Å². The second-order valence-corrected chi connectivity index (χ2v) is 7.52. The van der Waals surface area contributed by atoms with Gasteiger partial charge in [0.05, 0.1) is 6.04 Å². The van der Waals surface area contributed by atoms with Crippen LogP contribution in [0.4, 0.5) is 4.79 Å². The number of nitrogens with zero attached hydrogens (tertiary/aromatic N) is 5. The third-order valence-electron chi connectivity index (χ3n) is 4.12. The van der Waals surface area contributed by atoms with Crippen LogP contribution in [0.2, 0.25) is 0 Å². The van der Waals surface area contributed by atoms with Crippen LogP contribution in [0.15, 0.2) is 29.4 Å². The monoisotopic (exact) mass is 373 g/mol. The van der Waals surface area contributed by atoms with Gasteiger partial charge in [0.25, 0.3) is 0 Å². The Bertz CT molecular complexity index is 818. The summed E-state index contributed by atoms with van der Waals surface area (Å²) in [4.78, 5) is 17.9. The van der Waals surface area contributed by atoms with Gasteiger partial charge in [-0.05, 0) is 32.9 Å². The van der Waals surface area contributed by atoms with Crippen molar-refractivity contribution in [2.24, 2.45) is 4.99 Å². The van der Waals surface area contributed by atoms with E-state index in [0.29, 0.717) is 25.6 Å². The number of fused-ring (bicyclic) bond motifs is 1. The van der Waals surface area contributed by atoms with Gasteiger partial charge in [-0.15, -0.1) is 10.2 Å². The molecule has 1 saturated heterocycles. The fraction of sp³-hybridized carbons (Fsp3) is 0.556. The van der Waals surface area contributed by atoms with Gasteiger partial charge in [-0.1, -0.05) is 6.07 Å². The lowest BCUT2D eigenvalue weighted by Crippen LogP contribution is -2.63. The predicted molar refractivity (Wildman–Crippen MR) is 103 cm³/mol. The molecule has 0 aliphatic carbocycles. The van der Waals surface area contributed by atoms with Crippen molar-refractivity contribution in [3.05, 3.63) is 30.2 Å². The van der Waals surface area contributed by atoms with E-state index in [1.165, 1.54) is 0 Å². The van der Waals surface area contributed by atoms with E-state index in [1.807, 2.05) is 49.6 Å². The van der Waals surface area contributed by atoms with Crippen molar-refractivity contribution in [1.82, 2.24) is 30.1 Å². The summed E-state index contributed by atoms with van der Waals surface area (Å²) in [6.45, 7) is 7.48. The van der Waals surface area contributed by atoms with Crippen LogP contribution >= 0.6 is 0 Å². The first-order valence-corrected chi connectivity index (χ1v) is 9.09. The highest BCUT2D eigenvalue weighted by molar-refractivity contribution is 5.80. The number of aromatic nitrogens is 3. The summed E-state index contributed by atoms with van der Waals surface area (Å²) in [5, 5.41) is 15.0. The number of ether oxygens (including phenoxy) is 1. The summed E-state index contributed by atoms with van der Waals surface area (Å²) < 4.78 is 7.34. The van der Waals surface area contributed by atoms with Crippen molar-refractivity contribution in [2.75, 3.05) is 26.7 Å². The van der Waals surface area contributed by atoms with Gasteiger partial charge in [0.2, 0.25) is 0 Å². The molecule has 3 rings (SSSR count). The Morgan fingerprint density at radius 3 is 2.81 bits per heavy atom. The van der Waals surface area contributed by atoms with Gasteiger partial charge in [-0.2, -0.15) is 0 Å². The van der Waals surface area contributed by atoms with Crippen LogP contribution in [-0.2, 0) is 11.2 Å². The zero-order chi connectivity index (χ0) is 19.4. The highest BCUT2D eigenvalue weighted by atomic mass is 16.6. The van der Waals surface area contributed by atoms with E-state index >= 15 is 0 Å². The molecule has 0 atom stereocenters. The molecular formula is C18H27N7O2. The molecule has 0 radical (unpaired) electrons. The van der Waals surface area contributed by atoms with Crippen molar-refractivity contribution in [1.29, 1.82) is 0 Å². The van der Waals surface area contributed by atoms with Gasteiger partial charge in [0, 0.05) is 39.3 Å². The molecule has 2 aromatic rings. The number of nitrogens with one attached hydrogen (secondary N) is 2. The van der Waals surface area contributed by atoms with E-state index in [0.717, 1.165) is 17.9 Å². The number of guanidine groups is 1. The predicted octanol–water partition coefficient (Wildman–Crippen LogP) is 1.06. The van der Waals surface area contributed by atoms with E-state index in [4.69, 9.17) is 4.74 Å². The van der Waals surface area contributed by atoms with E-state index in [2.05, 4.69) is 25.8 Å². The number of rotatable bonds is 4. The zero-order valence-corrected chi connectivity index (χ0v) is 16.3. The average Bonchev–Trinajstić information content (AvgIpc) is 2.97. The number of carbonyl (C=O) groups excluding carboxylic acids is 1. The summed E-state index contributed by atoms with van der Waals surface area (Å²) in [5.41, 5.74) is 0.366. The van der Waals surface area contributed by atoms with Crippen molar-refractivity contribution >= 4 is 17.7 Å². The lowest BCUT2D eigenvalue weighted by Gasteiger charge is -2.40. The number of aliphatic imine (C=N–C) groups is 1. The first kappa shape index (κ1) is 18.9. The Labute approximate surface area is 158 Å². The summed E-state index contributed by atoms with van der Waals surface area (Å²) in [5.74, 6) is 1.60. The Balaban J connectivity index is 1.41. The Hall–Kier alpha value is -2.84. The molecule has 0 aromatic carbocycles. The fourth-order valence-electron chi connectivity index (χ4n) is 2.79. The van der Waals surface area contributed by atoms with Crippen LogP contribution in [0.5, 0.6) is 0 Å². The van der Waals surface area contributed by atoms with Gasteiger partial charge in [-0.25, -0.2) is 4.79 Å². The molecule has 2 aromatic heterocycles. The van der Waals surface area contributed by atoms with Crippen LogP contribution in [-0.4, -0.2) is 69.9 Å². The molecule has 27 heavy (non-hydrogen) atoms. The second kappa shape index (κ2) is 7.81. The second-order valence-electron chi connectivity index (χ2n) is 7.52. The van der Waals surface area contributed by atoms with E-state index < -0.39 is 5.60 Å². The molecule has 146 valence electrons. The van der Waals surface area contributed by atoms with Gasteiger partial charge in [0.1, 0.15) is 11.4 Å². The number of hydrogen-bond acceptors (Lipinski definition) is 5. The SMILES string of the molecule is CN=C(NCCc1nnc2ccccn12)NC1CN(C(=O)OC(C)(C)C)C1. The Morgan fingerprint density at radius 2 is 2.11 bits per heavy atom. The molecule has 3 heterocycles. The number of hydrogen-bond donors (Lipinski definition) is 2. The number of likely N-dealkylation sites (tertiary alicyclic amines) is 1. The van der Waals surface area contributed by atoms with Crippen molar-refractivity contribution in [3.63, 3.8) is 0 Å². The van der Waals surface area contributed by atoms with Crippen molar-refractivity contribution in [3.8, 4) is 0 Å². The molecule has 1 aliphatic rings. The third kappa shape index (κ3) is 4.87. The maximum atomic E-state index is 12.0. The number of pyridine rings is 1. The lowest BCUT2D eigenvalue weighted by molar-refractivity contribution is 0.00701. The average molecular weight is 373 g/mol. The standard InChI is InChI=1S/C18H27N7O2/c1-18(2,3)27-17(26)24-11-13(12-24)21-16(19-4)20-9-8-15-23-22-14-7-5-6-10-25(14)15/h5-7,10,13H,8-9,11-12H2,1-4H3,(H2,19,20,21). The largest absolute Gasteiger partial charge is 0.444 e. The van der Waals surface area contributed by atoms with Crippen LogP contribution in [0.3, 0.4) is 0 Å². The molecule has 0 spiro atoms. The van der Waals surface area contributed by atoms with E-state index in [9.17, 15) is 4.79 Å².